The van der Waals surface area contributed by atoms with Crippen LogP contribution in [0.25, 0.3) is 0 Å². The second-order valence-corrected chi connectivity index (χ2v) is 10.1. The van der Waals surface area contributed by atoms with E-state index in [4.69, 9.17) is 19.2 Å². The van der Waals surface area contributed by atoms with Gasteiger partial charge in [-0.1, -0.05) is 30.3 Å². The van der Waals surface area contributed by atoms with Crippen LogP contribution in [-0.2, 0) is 31.8 Å². The van der Waals surface area contributed by atoms with Crippen molar-refractivity contribution in [3.8, 4) is 0 Å². The highest BCUT2D eigenvalue weighted by Crippen LogP contribution is 2.37. The van der Waals surface area contributed by atoms with Crippen LogP contribution >= 0.6 is 0 Å². The van der Waals surface area contributed by atoms with E-state index in [0.717, 1.165) is 100 Å². The second kappa shape index (κ2) is 12.2. The number of aromatic nitrogens is 1. The lowest BCUT2D eigenvalue weighted by Gasteiger charge is -2.28. The molecule has 0 saturated carbocycles. The van der Waals surface area contributed by atoms with Gasteiger partial charge in [-0.05, 0) is 74.1 Å². The zero-order chi connectivity index (χ0) is 24.7. The molecule has 2 fully saturated rings. The maximum atomic E-state index is 12.9. The average molecular weight is 494 g/mol. The number of hydrogen-bond donors (Lipinski definition) is 1. The molecule has 36 heavy (non-hydrogen) atoms. The normalized spacial score (nSPS) is 22.7. The lowest BCUT2D eigenvalue weighted by atomic mass is 9.94. The largest absolute Gasteiger partial charge is 0.468 e. The van der Waals surface area contributed by atoms with E-state index in [9.17, 15) is 4.79 Å². The van der Waals surface area contributed by atoms with Gasteiger partial charge in [-0.15, -0.1) is 0 Å². The Balaban J connectivity index is 1.12. The lowest BCUT2D eigenvalue weighted by Crippen LogP contribution is -2.35. The molecule has 2 aromatic rings. The van der Waals surface area contributed by atoms with Gasteiger partial charge in [-0.2, -0.15) is 0 Å². The summed E-state index contributed by atoms with van der Waals surface area (Å²) in [4.78, 5) is 20.0. The van der Waals surface area contributed by atoms with Crippen LogP contribution < -0.4 is 5.32 Å². The molecule has 3 aliphatic rings. The molecule has 0 bridgehead atoms. The van der Waals surface area contributed by atoms with Gasteiger partial charge in [0.15, 0.2) is 0 Å². The minimum atomic E-state index is -0.423. The molecule has 3 aliphatic heterocycles. The van der Waals surface area contributed by atoms with Crippen molar-refractivity contribution in [2.75, 3.05) is 45.3 Å². The smallest absolute Gasteiger partial charge is 0.327 e. The standard InChI is InChI=1S/C29H39N3O4/c1-34-29(33)27(25-11-3-2-10-24(25)26-12-7-19-36-26)32-17-15-23(20-32)35-18-5-4-9-22-14-13-21-8-6-16-30-28(21)31-22/h2-3,10-11,13-14,23,26-27H,4-9,12,15-20H2,1H3,(H,30,31). The van der Waals surface area contributed by atoms with Crippen LogP contribution in [0.1, 0.15) is 73.1 Å². The van der Waals surface area contributed by atoms with E-state index < -0.39 is 6.04 Å². The molecule has 3 atom stereocenters. The highest BCUT2D eigenvalue weighted by Gasteiger charge is 2.37. The van der Waals surface area contributed by atoms with Crippen LogP contribution in [0.3, 0.4) is 0 Å². The fourth-order valence-electron chi connectivity index (χ4n) is 5.75. The monoisotopic (exact) mass is 493 g/mol. The molecule has 0 amide bonds. The van der Waals surface area contributed by atoms with Crippen molar-refractivity contribution in [1.82, 2.24) is 9.88 Å². The van der Waals surface area contributed by atoms with Crippen LogP contribution in [0, 0.1) is 0 Å². The van der Waals surface area contributed by atoms with Crippen molar-refractivity contribution in [3.63, 3.8) is 0 Å². The summed E-state index contributed by atoms with van der Waals surface area (Å²) in [6, 6.07) is 12.1. The van der Waals surface area contributed by atoms with Gasteiger partial charge in [-0.25, -0.2) is 9.78 Å². The van der Waals surface area contributed by atoms with Crippen LogP contribution in [0.5, 0.6) is 0 Å². The summed E-state index contributed by atoms with van der Waals surface area (Å²) in [6.45, 7) is 4.08. The number of carbonyl (C=O) groups is 1. The van der Waals surface area contributed by atoms with E-state index in [1.54, 1.807) is 0 Å². The Morgan fingerprint density at radius 1 is 1.19 bits per heavy atom. The van der Waals surface area contributed by atoms with Gasteiger partial charge in [0.05, 0.1) is 19.3 Å². The van der Waals surface area contributed by atoms with Gasteiger partial charge in [0.1, 0.15) is 11.9 Å². The second-order valence-electron chi connectivity index (χ2n) is 10.1. The number of methoxy groups -OCH3 is 1. The summed E-state index contributed by atoms with van der Waals surface area (Å²) in [5, 5.41) is 3.42. The van der Waals surface area contributed by atoms with Gasteiger partial charge in [0, 0.05) is 38.5 Å². The molecule has 1 aromatic heterocycles. The topological polar surface area (TPSA) is 72.9 Å². The molecule has 0 spiro atoms. The summed E-state index contributed by atoms with van der Waals surface area (Å²) < 4.78 is 17.4. The molecule has 4 heterocycles. The van der Waals surface area contributed by atoms with Crippen LogP contribution in [0.4, 0.5) is 5.82 Å². The highest BCUT2D eigenvalue weighted by molar-refractivity contribution is 5.78. The third-order valence-electron chi connectivity index (χ3n) is 7.67. The molecular formula is C29H39N3O4. The number of aryl methyl sites for hydroxylation is 2. The number of nitrogens with zero attached hydrogens (tertiary/aromatic N) is 2. The summed E-state index contributed by atoms with van der Waals surface area (Å²) in [6.07, 6.45) is 8.51. The summed E-state index contributed by atoms with van der Waals surface area (Å²) in [7, 11) is 1.47. The van der Waals surface area contributed by atoms with Crippen LogP contribution in [-0.4, -0.2) is 61.9 Å². The van der Waals surface area contributed by atoms with E-state index in [1.165, 1.54) is 19.1 Å². The van der Waals surface area contributed by atoms with E-state index >= 15 is 0 Å². The third kappa shape index (κ3) is 5.90. The van der Waals surface area contributed by atoms with Gasteiger partial charge < -0.3 is 19.5 Å². The number of pyridine rings is 1. The number of benzene rings is 1. The Hall–Kier alpha value is -2.48. The first-order valence-corrected chi connectivity index (χ1v) is 13.6. The first-order valence-electron chi connectivity index (χ1n) is 13.6. The quantitative estimate of drug-likeness (QED) is 0.382. The van der Waals surface area contributed by atoms with Crippen molar-refractivity contribution in [2.45, 2.75) is 69.6 Å². The molecule has 7 nitrogen and oxygen atoms in total. The number of fused-ring (bicyclic) bond motifs is 1. The minimum Gasteiger partial charge on any atom is -0.468 e. The number of esters is 1. The number of carbonyl (C=O) groups excluding carboxylic acids is 1. The summed E-state index contributed by atoms with van der Waals surface area (Å²) in [5.41, 5.74) is 4.61. The van der Waals surface area contributed by atoms with E-state index in [-0.39, 0.29) is 18.2 Å². The van der Waals surface area contributed by atoms with Crippen molar-refractivity contribution in [2.24, 2.45) is 0 Å². The number of anilines is 1. The number of unbranched alkanes of at least 4 members (excludes halogenated alkanes) is 1. The number of rotatable bonds is 10. The van der Waals surface area contributed by atoms with Crippen LogP contribution in [0.2, 0.25) is 0 Å². The predicted octanol–water partition coefficient (Wildman–Crippen LogP) is 4.62. The molecular weight excluding hydrogens is 454 g/mol. The zero-order valence-electron chi connectivity index (χ0n) is 21.4. The molecule has 194 valence electrons. The highest BCUT2D eigenvalue weighted by atomic mass is 16.5. The van der Waals surface area contributed by atoms with Crippen molar-refractivity contribution in [3.05, 3.63) is 58.8 Å². The summed E-state index contributed by atoms with van der Waals surface area (Å²) in [5.74, 6) is 0.857. The first-order chi connectivity index (χ1) is 17.7. The number of likely N-dealkylation sites (tertiary alicyclic amines) is 1. The third-order valence-corrected chi connectivity index (χ3v) is 7.67. The van der Waals surface area contributed by atoms with Crippen molar-refractivity contribution < 1.29 is 19.0 Å². The summed E-state index contributed by atoms with van der Waals surface area (Å²) >= 11 is 0. The maximum absolute atomic E-state index is 12.9. The lowest BCUT2D eigenvalue weighted by molar-refractivity contribution is -0.147. The number of nitrogens with one attached hydrogen (secondary N) is 1. The number of hydrogen-bond acceptors (Lipinski definition) is 7. The predicted molar refractivity (Wildman–Crippen MR) is 139 cm³/mol. The molecule has 2 saturated heterocycles. The van der Waals surface area contributed by atoms with Crippen molar-refractivity contribution in [1.29, 1.82) is 0 Å². The Morgan fingerprint density at radius 3 is 2.97 bits per heavy atom. The van der Waals surface area contributed by atoms with Gasteiger partial charge in [-0.3, -0.25) is 4.90 Å². The van der Waals surface area contributed by atoms with E-state index in [0.29, 0.717) is 0 Å². The number of ether oxygens (including phenoxy) is 3. The molecule has 1 aromatic carbocycles. The minimum absolute atomic E-state index is 0.0587. The van der Waals surface area contributed by atoms with Gasteiger partial charge in [0.2, 0.25) is 0 Å². The maximum Gasteiger partial charge on any atom is 0.327 e. The fraction of sp³-hybridized carbons (Fsp3) is 0.586. The van der Waals surface area contributed by atoms with E-state index in [2.05, 4.69) is 34.5 Å². The molecule has 3 unspecified atom stereocenters. The Labute approximate surface area is 214 Å². The van der Waals surface area contributed by atoms with E-state index in [1.807, 2.05) is 12.1 Å². The SMILES string of the molecule is COC(=O)C(c1ccccc1C1CCCO1)N1CCC(OCCCCc2ccc3c(n2)NCCC3)C1. The Bertz CT molecular complexity index is 1020. The Morgan fingerprint density at radius 2 is 2.11 bits per heavy atom. The van der Waals surface area contributed by atoms with Crippen LogP contribution in [0.15, 0.2) is 36.4 Å². The first kappa shape index (κ1) is 25.2. The van der Waals surface area contributed by atoms with Gasteiger partial charge in [0.25, 0.3) is 0 Å². The average Bonchev–Trinajstić information content (AvgIpc) is 3.62. The fourth-order valence-corrected chi connectivity index (χ4v) is 5.75. The Kier molecular flexibility index (Phi) is 8.51. The molecule has 0 aliphatic carbocycles. The molecule has 1 N–H and O–H groups in total. The van der Waals surface area contributed by atoms with Crippen molar-refractivity contribution >= 4 is 11.8 Å². The molecule has 7 heteroatoms. The molecule has 5 rings (SSSR count). The zero-order valence-corrected chi connectivity index (χ0v) is 21.4. The molecule has 0 radical (unpaired) electrons. The van der Waals surface area contributed by atoms with Gasteiger partial charge >= 0.3 is 5.97 Å².